The lowest BCUT2D eigenvalue weighted by Gasteiger charge is -2.33. The number of nitrogens with one attached hydrogen (secondary N) is 1. The Balaban J connectivity index is 2.28. The van der Waals surface area contributed by atoms with Crippen LogP contribution in [0.3, 0.4) is 0 Å². The smallest absolute Gasteiger partial charge is 0.121 e. The molecule has 0 radical (unpaired) electrons. The predicted octanol–water partition coefficient (Wildman–Crippen LogP) is 2.58. The number of nitrogens with zero attached hydrogens (tertiary/aromatic N) is 1. The van der Waals surface area contributed by atoms with E-state index >= 15 is 0 Å². The van der Waals surface area contributed by atoms with Crippen molar-refractivity contribution in [2.45, 2.75) is 13.8 Å². The second-order valence-corrected chi connectivity index (χ2v) is 4.65. The molecule has 88 valence electrons. The molecule has 1 aromatic rings. The molecule has 0 amide bonds. The lowest BCUT2D eigenvalue weighted by molar-refractivity contribution is 0.414. The van der Waals surface area contributed by atoms with Gasteiger partial charge in [-0.25, -0.2) is 0 Å². The van der Waals surface area contributed by atoms with Crippen molar-refractivity contribution < 1.29 is 4.74 Å². The van der Waals surface area contributed by atoms with E-state index in [0.717, 1.165) is 25.4 Å². The summed E-state index contributed by atoms with van der Waals surface area (Å²) in [5.74, 6) is 1.60. The molecule has 0 atom stereocenters. The van der Waals surface area contributed by atoms with E-state index in [-0.39, 0.29) is 0 Å². The summed E-state index contributed by atoms with van der Waals surface area (Å²) in [6.07, 6.45) is 0. The van der Waals surface area contributed by atoms with E-state index in [9.17, 15) is 0 Å². The Morgan fingerprint density at radius 2 is 2.25 bits per heavy atom. The Morgan fingerprint density at radius 3 is 2.94 bits per heavy atom. The van der Waals surface area contributed by atoms with Gasteiger partial charge in [-0.2, -0.15) is 0 Å². The number of benzene rings is 1. The number of hydrogen-bond donors (Lipinski definition) is 1. The third-order valence-electron chi connectivity index (χ3n) is 2.83. The van der Waals surface area contributed by atoms with Crippen molar-refractivity contribution in [2.24, 2.45) is 5.92 Å². The van der Waals surface area contributed by atoms with Crippen LogP contribution in [0.2, 0.25) is 0 Å². The summed E-state index contributed by atoms with van der Waals surface area (Å²) in [5, 5.41) is 3.42. The summed E-state index contributed by atoms with van der Waals surface area (Å²) in [4.78, 5) is 2.43. The van der Waals surface area contributed by atoms with E-state index < -0.39 is 0 Å². The molecule has 0 saturated heterocycles. The maximum Gasteiger partial charge on any atom is 0.121 e. The highest BCUT2D eigenvalue weighted by Crippen LogP contribution is 2.32. The fourth-order valence-corrected chi connectivity index (χ4v) is 2.13. The molecule has 16 heavy (non-hydrogen) atoms. The largest absolute Gasteiger partial charge is 0.497 e. The topological polar surface area (TPSA) is 24.5 Å². The molecule has 0 aliphatic carbocycles. The minimum absolute atomic E-state index is 0.678. The van der Waals surface area contributed by atoms with E-state index in [1.165, 1.54) is 11.4 Å². The van der Waals surface area contributed by atoms with Gasteiger partial charge in [0, 0.05) is 25.7 Å². The summed E-state index contributed by atoms with van der Waals surface area (Å²) in [5.41, 5.74) is 2.48. The third kappa shape index (κ3) is 2.23. The maximum atomic E-state index is 5.28. The highest BCUT2D eigenvalue weighted by Gasteiger charge is 2.17. The van der Waals surface area contributed by atoms with Crippen LogP contribution in [0, 0.1) is 5.92 Å². The maximum absolute atomic E-state index is 5.28. The molecule has 1 aliphatic heterocycles. The van der Waals surface area contributed by atoms with E-state index in [4.69, 9.17) is 4.74 Å². The van der Waals surface area contributed by atoms with Gasteiger partial charge in [0.15, 0.2) is 0 Å². The van der Waals surface area contributed by atoms with Gasteiger partial charge in [0.25, 0.3) is 0 Å². The first-order valence-electron chi connectivity index (χ1n) is 5.87. The number of rotatable bonds is 3. The Kier molecular flexibility index (Phi) is 3.22. The SMILES string of the molecule is COc1ccc2c(c1)N(CC(C)C)CCN2. The quantitative estimate of drug-likeness (QED) is 0.847. The molecule has 0 spiro atoms. The van der Waals surface area contributed by atoms with Gasteiger partial charge in [-0.05, 0) is 18.1 Å². The first kappa shape index (κ1) is 11.1. The molecule has 3 heteroatoms. The van der Waals surface area contributed by atoms with Crippen molar-refractivity contribution in [2.75, 3.05) is 37.0 Å². The highest BCUT2D eigenvalue weighted by molar-refractivity contribution is 5.73. The van der Waals surface area contributed by atoms with E-state index in [1.54, 1.807) is 7.11 Å². The average molecular weight is 220 g/mol. The molecule has 2 rings (SSSR count). The Morgan fingerprint density at radius 1 is 1.44 bits per heavy atom. The van der Waals surface area contributed by atoms with Crippen molar-refractivity contribution in [3.05, 3.63) is 18.2 Å². The first-order chi connectivity index (χ1) is 7.70. The Hall–Kier alpha value is -1.38. The molecule has 0 unspecified atom stereocenters. The summed E-state index contributed by atoms with van der Waals surface area (Å²) in [7, 11) is 1.71. The molecular weight excluding hydrogens is 200 g/mol. The number of ether oxygens (including phenoxy) is 1. The van der Waals surface area contributed by atoms with Crippen LogP contribution in [0.25, 0.3) is 0 Å². The number of methoxy groups -OCH3 is 1. The fraction of sp³-hybridized carbons (Fsp3) is 0.538. The minimum Gasteiger partial charge on any atom is -0.497 e. The van der Waals surface area contributed by atoms with Crippen LogP contribution in [0.15, 0.2) is 18.2 Å². The van der Waals surface area contributed by atoms with Crippen molar-refractivity contribution in [1.82, 2.24) is 0 Å². The zero-order chi connectivity index (χ0) is 11.5. The fourth-order valence-electron chi connectivity index (χ4n) is 2.13. The van der Waals surface area contributed by atoms with Crippen LogP contribution in [0.1, 0.15) is 13.8 Å². The molecule has 0 fully saturated rings. The van der Waals surface area contributed by atoms with E-state index in [1.807, 2.05) is 6.07 Å². The molecule has 0 saturated carbocycles. The van der Waals surface area contributed by atoms with E-state index in [2.05, 4.69) is 36.2 Å². The number of hydrogen-bond acceptors (Lipinski definition) is 3. The summed E-state index contributed by atoms with van der Waals surface area (Å²) in [6, 6.07) is 6.22. The average Bonchev–Trinajstić information content (AvgIpc) is 2.28. The van der Waals surface area contributed by atoms with Crippen molar-refractivity contribution in [1.29, 1.82) is 0 Å². The van der Waals surface area contributed by atoms with Crippen molar-refractivity contribution >= 4 is 11.4 Å². The van der Waals surface area contributed by atoms with Gasteiger partial charge < -0.3 is 15.0 Å². The van der Waals surface area contributed by atoms with Crippen LogP contribution in [-0.2, 0) is 0 Å². The standard InChI is InChI=1S/C13H20N2O/c1-10(2)9-15-7-6-14-12-5-4-11(16-3)8-13(12)15/h4-5,8,10,14H,6-7,9H2,1-3H3. The molecule has 3 nitrogen and oxygen atoms in total. The second-order valence-electron chi connectivity index (χ2n) is 4.65. The Labute approximate surface area is 97.4 Å². The first-order valence-corrected chi connectivity index (χ1v) is 5.87. The van der Waals surface area contributed by atoms with Crippen LogP contribution in [0.5, 0.6) is 5.75 Å². The van der Waals surface area contributed by atoms with Gasteiger partial charge in [0.05, 0.1) is 18.5 Å². The summed E-state index contributed by atoms with van der Waals surface area (Å²) >= 11 is 0. The molecule has 1 aliphatic rings. The van der Waals surface area contributed by atoms with Crippen molar-refractivity contribution in [3.63, 3.8) is 0 Å². The second kappa shape index (κ2) is 4.64. The normalized spacial score (nSPS) is 14.6. The number of anilines is 2. The van der Waals surface area contributed by atoms with E-state index in [0.29, 0.717) is 5.92 Å². The van der Waals surface area contributed by atoms with Gasteiger partial charge in [0.2, 0.25) is 0 Å². The molecular formula is C13H20N2O. The lowest BCUT2D eigenvalue weighted by Crippen LogP contribution is -2.36. The van der Waals surface area contributed by atoms with Gasteiger partial charge in [-0.3, -0.25) is 0 Å². The van der Waals surface area contributed by atoms with Crippen LogP contribution >= 0.6 is 0 Å². The van der Waals surface area contributed by atoms with Gasteiger partial charge in [-0.15, -0.1) is 0 Å². The zero-order valence-electron chi connectivity index (χ0n) is 10.3. The molecule has 0 bridgehead atoms. The summed E-state index contributed by atoms with van der Waals surface area (Å²) < 4.78 is 5.28. The summed E-state index contributed by atoms with van der Waals surface area (Å²) in [6.45, 7) is 7.69. The monoisotopic (exact) mass is 220 g/mol. The van der Waals surface area contributed by atoms with Gasteiger partial charge in [0.1, 0.15) is 5.75 Å². The lowest BCUT2D eigenvalue weighted by atomic mass is 10.1. The Bertz CT molecular complexity index is 363. The van der Waals surface area contributed by atoms with Gasteiger partial charge >= 0.3 is 0 Å². The molecule has 1 heterocycles. The molecule has 1 N–H and O–H groups in total. The number of fused-ring (bicyclic) bond motifs is 1. The van der Waals surface area contributed by atoms with Crippen molar-refractivity contribution in [3.8, 4) is 5.75 Å². The third-order valence-corrected chi connectivity index (χ3v) is 2.83. The zero-order valence-corrected chi connectivity index (χ0v) is 10.3. The predicted molar refractivity (Wildman–Crippen MR) is 68.5 cm³/mol. The molecule has 0 aromatic heterocycles. The minimum atomic E-state index is 0.678. The van der Waals surface area contributed by atoms with Crippen LogP contribution in [0.4, 0.5) is 11.4 Å². The van der Waals surface area contributed by atoms with Crippen LogP contribution < -0.4 is 15.0 Å². The van der Waals surface area contributed by atoms with Crippen LogP contribution in [-0.4, -0.2) is 26.7 Å². The highest BCUT2D eigenvalue weighted by atomic mass is 16.5. The van der Waals surface area contributed by atoms with Gasteiger partial charge in [-0.1, -0.05) is 13.8 Å². The molecule has 1 aromatic carbocycles.